The molecule has 0 spiro atoms. The van der Waals surface area contributed by atoms with Gasteiger partial charge in [0.1, 0.15) is 29.8 Å². The first-order valence-electron chi connectivity index (χ1n) is 12.2. The van der Waals surface area contributed by atoms with Crippen LogP contribution in [0.2, 0.25) is 0 Å². The van der Waals surface area contributed by atoms with Gasteiger partial charge in [-0.05, 0) is 60.2 Å². The fourth-order valence-corrected chi connectivity index (χ4v) is 4.12. The van der Waals surface area contributed by atoms with Crippen LogP contribution in [0.1, 0.15) is 11.1 Å². The average Bonchev–Trinajstić information content (AvgIpc) is 3.40. The summed E-state index contributed by atoms with van der Waals surface area (Å²) < 4.78 is 26.1. The van der Waals surface area contributed by atoms with Crippen LogP contribution in [0.4, 0.5) is 4.39 Å². The highest BCUT2D eigenvalue weighted by Gasteiger charge is 2.22. The summed E-state index contributed by atoms with van der Waals surface area (Å²) in [5.41, 5.74) is 3.83. The molecule has 7 nitrogen and oxygen atoms in total. The van der Waals surface area contributed by atoms with E-state index < -0.39 is 0 Å². The van der Waals surface area contributed by atoms with Gasteiger partial charge < -0.3 is 14.4 Å². The first-order valence-corrected chi connectivity index (χ1v) is 12.2. The molecule has 1 aliphatic heterocycles. The molecule has 0 radical (unpaired) electrons. The number of rotatable bonds is 7. The second-order valence-electron chi connectivity index (χ2n) is 8.73. The van der Waals surface area contributed by atoms with E-state index >= 15 is 0 Å². The van der Waals surface area contributed by atoms with Crippen molar-refractivity contribution in [2.24, 2.45) is 0 Å². The minimum atomic E-state index is -0.321. The smallest absolute Gasteiger partial charge is 0.264 e. The minimum absolute atomic E-state index is 0.0417. The van der Waals surface area contributed by atoms with Crippen LogP contribution in [0, 0.1) is 17.1 Å². The highest BCUT2D eigenvalue weighted by atomic mass is 19.1. The number of ether oxygens (including phenoxy) is 2. The lowest BCUT2D eigenvalue weighted by Crippen LogP contribution is -2.41. The molecule has 3 aromatic carbocycles. The van der Waals surface area contributed by atoms with Crippen molar-refractivity contribution >= 4 is 12.0 Å². The number of morpholine rings is 1. The van der Waals surface area contributed by atoms with Crippen LogP contribution >= 0.6 is 0 Å². The zero-order chi connectivity index (χ0) is 26.3. The van der Waals surface area contributed by atoms with Gasteiger partial charge in [0.05, 0.1) is 24.6 Å². The molecule has 0 aliphatic carbocycles. The Hall–Kier alpha value is -4.74. The monoisotopic (exact) mass is 508 g/mol. The Morgan fingerprint density at radius 3 is 2.42 bits per heavy atom. The van der Waals surface area contributed by atoms with Crippen LogP contribution in [0.25, 0.3) is 23.0 Å². The van der Waals surface area contributed by atoms with Gasteiger partial charge in [0.25, 0.3) is 5.91 Å². The molecule has 2 heterocycles. The molecule has 38 heavy (non-hydrogen) atoms. The number of para-hydroxylation sites is 1. The van der Waals surface area contributed by atoms with Gasteiger partial charge in [0.15, 0.2) is 0 Å². The number of carbonyl (C=O) groups excluding carboxylic acids is 1. The Balaban J connectivity index is 1.44. The fraction of sp³-hybridized carbons (Fsp3) is 0.167. The fourth-order valence-electron chi connectivity index (χ4n) is 4.12. The van der Waals surface area contributed by atoms with Gasteiger partial charge in [0.2, 0.25) is 0 Å². The van der Waals surface area contributed by atoms with Crippen molar-refractivity contribution in [3.8, 4) is 28.8 Å². The van der Waals surface area contributed by atoms with Crippen LogP contribution in [0.15, 0.2) is 90.6 Å². The molecule has 1 aliphatic rings. The number of hydrogen-bond acceptors (Lipinski definition) is 5. The van der Waals surface area contributed by atoms with E-state index in [-0.39, 0.29) is 17.3 Å². The van der Waals surface area contributed by atoms with Crippen molar-refractivity contribution in [1.82, 2.24) is 14.7 Å². The normalized spacial score (nSPS) is 13.7. The molecule has 1 fully saturated rings. The number of aromatic nitrogens is 2. The largest absolute Gasteiger partial charge is 0.489 e. The maximum absolute atomic E-state index is 13.1. The lowest BCUT2D eigenvalue weighted by Gasteiger charge is -2.26. The summed E-state index contributed by atoms with van der Waals surface area (Å²) in [6.45, 7) is 2.13. The van der Waals surface area contributed by atoms with Crippen LogP contribution in [-0.4, -0.2) is 46.9 Å². The molecule has 0 unspecified atom stereocenters. The van der Waals surface area contributed by atoms with Crippen molar-refractivity contribution < 1.29 is 18.7 Å². The molecule has 190 valence electrons. The van der Waals surface area contributed by atoms with Gasteiger partial charge in [0, 0.05) is 30.4 Å². The third-order valence-corrected chi connectivity index (χ3v) is 6.16. The number of hydrogen-bond donors (Lipinski definition) is 0. The number of halogens is 1. The standard InChI is InChI=1S/C30H25FN4O3/c31-26-10-6-22(7-11-26)21-38-28-12-8-23(9-13-28)29-25(20-35(33-29)27-4-2-1-3-5-27)18-24(19-32)30(36)34-14-16-37-17-15-34/h1-13,18,20H,14-17,21H2. The molecule has 1 aromatic heterocycles. The van der Waals surface area contributed by atoms with Gasteiger partial charge in [-0.1, -0.05) is 30.3 Å². The van der Waals surface area contributed by atoms with E-state index in [1.165, 1.54) is 12.1 Å². The summed E-state index contributed by atoms with van der Waals surface area (Å²) in [6, 6.07) is 25.3. The highest BCUT2D eigenvalue weighted by molar-refractivity contribution is 6.02. The number of nitriles is 1. The predicted octanol–water partition coefficient (Wildman–Crippen LogP) is 5.02. The zero-order valence-corrected chi connectivity index (χ0v) is 20.6. The van der Waals surface area contributed by atoms with Crippen LogP contribution in [0.5, 0.6) is 5.75 Å². The molecule has 4 aromatic rings. The number of nitrogens with zero attached hydrogens (tertiary/aromatic N) is 4. The third-order valence-electron chi connectivity index (χ3n) is 6.16. The molecule has 8 heteroatoms. The Labute approximate surface area is 220 Å². The molecule has 1 saturated heterocycles. The summed E-state index contributed by atoms with van der Waals surface area (Å²) in [6.07, 6.45) is 3.41. The molecule has 0 saturated carbocycles. The SMILES string of the molecule is N#CC(=Cc1cn(-c2ccccc2)nc1-c1ccc(OCc2ccc(F)cc2)cc1)C(=O)N1CCOCC1. The number of benzene rings is 3. The number of carbonyl (C=O) groups is 1. The summed E-state index contributed by atoms with van der Waals surface area (Å²) >= 11 is 0. The van der Waals surface area contributed by atoms with E-state index in [0.29, 0.717) is 49.9 Å². The van der Waals surface area contributed by atoms with Crippen molar-refractivity contribution in [1.29, 1.82) is 5.26 Å². The van der Waals surface area contributed by atoms with E-state index in [4.69, 9.17) is 14.6 Å². The van der Waals surface area contributed by atoms with Gasteiger partial charge in [-0.2, -0.15) is 10.4 Å². The Morgan fingerprint density at radius 1 is 1.03 bits per heavy atom. The van der Waals surface area contributed by atoms with E-state index in [1.54, 1.807) is 27.8 Å². The summed E-state index contributed by atoms with van der Waals surface area (Å²) in [5.74, 6) is 0.0423. The minimum Gasteiger partial charge on any atom is -0.489 e. The molecule has 1 amide bonds. The second kappa shape index (κ2) is 11.5. The molecule has 0 atom stereocenters. The maximum atomic E-state index is 13.1. The molecular weight excluding hydrogens is 483 g/mol. The molecular formula is C30H25FN4O3. The summed E-state index contributed by atoms with van der Waals surface area (Å²) in [7, 11) is 0. The Bertz CT molecular complexity index is 1470. The Kier molecular flexibility index (Phi) is 7.57. The highest BCUT2D eigenvalue weighted by Crippen LogP contribution is 2.28. The van der Waals surface area contributed by atoms with Crippen LogP contribution in [-0.2, 0) is 16.1 Å². The van der Waals surface area contributed by atoms with E-state index in [2.05, 4.69) is 6.07 Å². The van der Waals surface area contributed by atoms with E-state index in [1.807, 2.05) is 60.8 Å². The van der Waals surface area contributed by atoms with Gasteiger partial charge in [-0.25, -0.2) is 9.07 Å². The van der Waals surface area contributed by atoms with Crippen molar-refractivity contribution in [2.45, 2.75) is 6.61 Å². The quantitative estimate of drug-likeness (QED) is 0.259. The lowest BCUT2D eigenvalue weighted by molar-refractivity contribution is -0.130. The second-order valence-corrected chi connectivity index (χ2v) is 8.73. The van der Waals surface area contributed by atoms with Gasteiger partial charge in [-0.3, -0.25) is 4.79 Å². The average molecular weight is 509 g/mol. The Morgan fingerprint density at radius 2 is 1.74 bits per heavy atom. The van der Waals surface area contributed by atoms with Crippen molar-refractivity contribution in [2.75, 3.05) is 26.3 Å². The molecule has 5 rings (SSSR count). The molecule has 0 bridgehead atoms. The lowest BCUT2D eigenvalue weighted by atomic mass is 10.1. The van der Waals surface area contributed by atoms with Crippen LogP contribution < -0.4 is 4.74 Å². The van der Waals surface area contributed by atoms with Gasteiger partial charge >= 0.3 is 0 Å². The third kappa shape index (κ3) is 5.80. The number of amides is 1. The molecule has 0 N–H and O–H groups in total. The van der Waals surface area contributed by atoms with Crippen LogP contribution in [0.3, 0.4) is 0 Å². The zero-order valence-electron chi connectivity index (χ0n) is 20.6. The van der Waals surface area contributed by atoms with E-state index in [0.717, 1.165) is 16.8 Å². The van der Waals surface area contributed by atoms with E-state index in [9.17, 15) is 14.4 Å². The van der Waals surface area contributed by atoms with Crippen molar-refractivity contribution in [3.05, 3.63) is 108 Å². The summed E-state index contributed by atoms with van der Waals surface area (Å²) in [4.78, 5) is 14.7. The summed E-state index contributed by atoms with van der Waals surface area (Å²) in [5, 5.41) is 14.6. The first-order chi connectivity index (χ1) is 18.6. The van der Waals surface area contributed by atoms with Crippen molar-refractivity contribution in [3.63, 3.8) is 0 Å². The topological polar surface area (TPSA) is 80.4 Å². The van der Waals surface area contributed by atoms with Gasteiger partial charge in [-0.15, -0.1) is 0 Å². The first kappa shape index (κ1) is 24.9. The predicted molar refractivity (Wildman–Crippen MR) is 141 cm³/mol. The maximum Gasteiger partial charge on any atom is 0.264 e.